The van der Waals surface area contributed by atoms with Crippen LogP contribution in [0.15, 0.2) is 16.9 Å². The van der Waals surface area contributed by atoms with Gasteiger partial charge in [-0.1, -0.05) is 0 Å². The minimum absolute atomic E-state index is 0.247. The Morgan fingerprint density at radius 1 is 1.15 bits per heavy atom. The summed E-state index contributed by atoms with van der Waals surface area (Å²) in [5, 5.41) is 0. The van der Waals surface area contributed by atoms with E-state index in [0.717, 1.165) is 68.8 Å². The molecular formula is C20H32BrN5O. The average molecular weight is 438 g/mol. The van der Waals surface area contributed by atoms with Crippen molar-refractivity contribution < 1.29 is 4.79 Å². The molecule has 2 aliphatic rings. The number of carbonyl (C=O) groups excluding carboxylic acids is 1. The zero-order valence-electron chi connectivity index (χ0n) is 16.6. The maximum Gasteiger partial charge on any atom is 0.225 e. The summed E-state index contributed by atoms with van der Waals surface area (Å²) in [7, 11) is 4.20. The number of nitrogens with zero attached hydrogens (tertiary/aromatic N) is 5. The Balaban J connectivity index is 1.40. The van der Waals surface area contributed by atoms with Gasteiger partial charge in [0.05, 0.1) is 4.47 Å². The standard InChI is InChI=1S/C20H32BrN5O/c1-24-9-3-10-26(13-12-24)19(27)17-6-4-16(5-7-17)8-11-25(2)20-22-14-18(21)15-23-20/h14-17H,3-13H2,1-2H3/t16-,17-. The molecule has 1 aromatic heterocycles. The molecule has 0 radical (unpaired) electrons. The Morgan fingerprint density at radius 2 is 1.85 bits per heavy atom. The highest BCUT2D eigenvalue weighted by atomic mass is 79.9. The summed E-state index contributed by atoms with van der Waals surface area (Å²) in [5.41, 5.74) is 0. The maximum atomic E-state index is 12.9. The molecule has 1 aliphatic heterocycles. The summed E-state index contributed by atoms with van der Waals surface area (Å²) < 4.78 is 0.902. The molecule has 0 spiro atoms. The van der Waals surface area contributed by atoms with Crippen LogP contribution in [0.1, 0.15) is 38.5 Å². The topological polar surface area (TPSA) is 52.6 Å². The van der Waals surface area contributed by atoms with Gasteiger partial charge in [-0.25, -0.2) is 9.97 Å². The van der Waals surface area contributed by atoms with E-state index in [-0.39, 0.29) is 5.92 Å². The quantitative estimate of drug-likeness (QED) is 0.708. The van der Waals surface area contributed by atoms with Gasteiger partial charge >= 0.3 is 0 Å². The number of amides is 1. The van der Waals surface area contributed by atoms with Crippen LogP contribution >= 0.6 is 15.9 Å². The lowest BCUT2D eigenvalue weighted by Crippen LogP contribution is -2.40. The zero-order valence-corrected chi connectivity index (χ0v) is 18.2. The molecule has 0 atom stereocenters. The third-order valence-electron chi connectivity index (χ3n) is 6.05. The van der Waals surface area contributed by atoms with Crippen LogP contribution in [0, 0.1) is 11.8 Å². The highest BCUT2D eigenvalue weighted by Gasteiger charge is 2.30. The Kier molecular flexibility index (Phi) is 7.47. The molecule has 2 fully saturated rings. The SMILES string of the molecule is CN1CCCN(C(=O)[C@H]2CC[C@H](CCN(C)c3ncc(Br)cn3)CC2)CC1. The number of hydrogen-bond donors (Lipinski definition) is 0. The molecular weight excluding hydrogens is 406 g/mol. The Labute approximate surface area is 171 Å². The van der Waals surface area contributed by atoms with Crippen LogP contribution in [-0.4, -0.2) is 72.5 Å². The second kappa shape index (κ2) is 9.82. The van der Waals surface area contributed by atoms with Gasteiger partial charge in [-0.2, -0.15) is 0 Å². The van der Waals surface area contributed by atoms with Crippen molar-refractivity contribution in [2.24, 2.45) is 11.8 Å². The second-order valence-electron chi connectivity index (χ2n) is 8.11. The molecule has 0 aromatic carbocycles. The molecule has 6 nitrogen and oxygen atoms in total. The summed E-state index contributed by atoms with van der Waals surface area (Å²) in [4.78, 5) is 28.2. The number of anilines is 1. The van der Waals surface area contributed by atoms with Crippen LogP contribution in [0.25, 0.3) is 0 Å². The van der Waals surface area contributed by atoms with E-state index >= 15 is 0 Å². The van der Waals surface area contributed by atoms with Crippen molar-refractivity contribution in [1.29, 1.82) is 0 Å². The monoisotopic (exact) mass is 437 g/mol. The van der Waals surface area contributed by atoms with Gasteiger partial charge in [0.1, 0.15) is 0 Å². The van der Waals surface area contributed by atoms with Gasteiger partial charge in [0.25, 0.3) is 0 Å². The van der Waals surface area contributed by atoms with Crippen LogP contribution in [-0.2, 0) is 4.79 Å². The van der Waals surface area contributed by atoms with Crippen molar-refractivity contribution in [1.82, 2.24) is 19.8 Å². The van der Waals surface area contributed by atoms with Gasteiger partial charge in [-0.3, -0.25) is 4.79 Å². The van der Waals surface area contributed by atoms with Gasteiger partial charge in [-0.15, -0.1) is 0 Å². The fourth-order valence-electron chi connectivity index (χ4n) is 4.20. The predicted molar refractivity (Wildman–Crippen MR) is 112 cm³/mol. The smallest absolute Gasteiger partial charge is 0.225 e. The molecule has 1 amide bonds. The lowest BCUT2D eigenvalue weighted by atomic mass is 9.80. The van der Waals surface area contributed by atoms with E-state index in [4.69, 9.17) is 0 Å². The van der Waals surface area contributed by atoms with Crippen molar-refractivity contribution in [3.05, 3.63) is 16.9 Å². The predicted octanol–water partition coefficient (Wildman–Crippen LogP) is 3.04. The van der Waals surface area contributed by atoms with Gasteiger partial charge in [0.2, 0.25) is 11.9 Å². The molecule has 1 aromatic rings. The highest BCUT2D eigenvalue weighted by Crippen LogP contribution is 2.32. The molecule has 3 rings (SSSR count). The number of aromatic nitrogens is 2. The first-order valence-corrected chi connectivity index (χ1v) is 11.0. The van der Waals surface area contributed by atoms with Crippen molar-refractivity contribution in [3.63, 3.8) is 0 Å². The fourth-order valence-corrected chi connectivity index (χ4v) is 4.41. The molecule has 0 bridgehead atoms. The van der Waals surface area contributed by atoms with Crippen LogP contribution in [0.5, 0.6) is 0 Å². The molecule has 1 saturated carbocycles. The van der Waals surface area contributed by atoms with Crippen LogP contribution in [0.2, 0.25) is 0 Å². The van der Waals surface area contributed by atoms with E-state index in [0.29, 0.717) is 11.8 Å². The number of hydrogen-bond acceptors (Lipinski definition) is 5. The maximum absolute atomic E-state index is 12.9. The van der Waals surface area contributed by atoms with E-state index in [1.54, 1.807) is 12.4 Å². The highest BCUT2D eigenvalue weighted by molar-refractivity contribution is 9.10. The molecule has 27 heavy (non-hydrogen) atoms. The first-order valence-electron chi connectivity index (χ1n) is 10.2. The molecule has 7 heteroatoms. The van der Waals surface area contributed by atoms with Crippen LogP contribution in [0.3, 0.4) is 0 Å². The van der Waals surface area contributed by atoms with E-state index in [1.807, 2.05) is 0 Å². The molecule has 150 valence electrons. The fraction of sp³-hybridized carbons (Fsp3) is 0.750. The van der Waals surface area contributed by atoms with Crippen molar-refractivity contribution in [2.75, 3.05) is 51.7 Å². The number of likely N-dealkylation sites (N-methyl/N-ethyl adjacent to an activating group) is 1. The Morgan fingerprint density at radius 3 is 2.56 bits per heavy atom. The second-order valence-corrected chi connectivity index (χ2v) is 9.03. The minimum atomic E-state index is 0.247. The van der Waals surface area contributed by atoms with E-state index < -0.39 is 0 Å². The lowest BCUT2D eigenvalue weighted by molar-refractivity contribution is -0.136. The van der Waals surface area contributed by atoms with Gasteiger partial charge in [0.15, 0.2) is 0 Å². The first kappa shape index (κ1) is 20.5. The van der Waals surface area contributed by atoms with Gasteiger partial charge in [0, 0.05) is 51.5 Å². The summed E-state index contributed by atoms with van der Waals surface area (Å²) in [6, 6.07) is 0. The number of halogens is 1. The molecule has 2 heterocycles. The summed E-state index contributed by atoms with van der Waals surface area (Å²) >= 11 is 3.37. The molecule has 0 N–H and O–H groups in total. The number of rotatable bonds is 5. The van der Waals surface area contributed by atoms with E-state index in [1.165, 1.54) is 12.8 Å². The molecule has 1 aliphatic carbocycles. The Bertz CT molecular complexity index is 603. The summed E-state index contributed by atoms with van der Waals surface area (Å²) in [6.07, 6.45) is 10.3. The van der Waals surface area contributed by atoms with Gasteiger partial charge < -0.3 is 14.7 Å². The zero-order chi connectivity index (χ0) is 19.2. The van der Waals surface area contributed by atoms with Crippen molar-refractivity contribution >= 4 is 27.8 Å². The number of carbonyl (C=O) groups is 1. The molecule has 1 saturated heterocycles. The van der Waals surface area contributed by atoms with Crippen LogP contribution < -0.4 is 4.90 Å². The average Bonchev–Trinajstić information content (AvgIpc) is 2.91. The largest absolute Gasteiger partial charge is 0.344 e. The van der Waals surface area contributed by atoms with Crippen molar-refractivity contribution in [2.45, 2.75) is 38.5 Å². The molecule has 0 unspecified atom stereocenters. The first-order chi connectivity index (χ1) is 13.0. The van der Waals surface area contributed by atoms with E-state index in [9.17, 15) is 4.79 Å². The summed E-state index contributed by atoms with van der Waals surface area (Å²) in [5.74, 6) is 2.14. The third-order valence-corrected chi connectivity index (χ3v) is 6.46. The Hall–Kier alpha value is -1.21. The third kappa shape index (κ3) is 5.88. The normalized spacial score (nSPS) is 24.5. The summed E-state index contributed by atoms with van der Waals surface area (Å²) in [6.45, 7) is 4.90. The minimum Gasteiger partial charge on any atom is -0.344 e. The van der Waals surface area contributed by atoms with Gasteiger partial charge in [-0.05, 0) is 74.0 Å². The lowest BCUT2D eigenvalue weighted by Gasteiger charge is -2.32. The van der Waals surface area contributed by atoms with Crippen molar-refractivity contribution in [3.8, 4) is 0 Å². The van der Waals surface area contributed by atoms with Crippen LogP contribution in [0.4, 0.5) is 5.95 Å². The van der Waals surface area contributed by atoms with E-state index in [2.05, 4.69) is 54.7 Å².